The topological polar surface area (TPSA) is 56.8 Å². The second-order valence-corrected chi connectivity index (χ2v) is 7.69. The molecule has 23 heavy (non-hydrogen) atoms. The molecule has 127 valence electrons. The summed E-state index contributed by atoms with van der Waals surface area (Å²) in [4.78, 5) is 0. The van der Waals surface area contributed by atoms with Gasteiger partial charge in [0.1, 0.15) is 16.8 Å². The molecule has 0 saturated carbocycles. The van der Waals surface area contributed by atoms with E-state index in [1.54, 1.807) is 0 Å². The molecule has 4 spiro atoms. The molecule has 4 atom stereocenters. The molecule has 0 unspecified atom stereocenters. The van der Waals surface area contributed by atoms with Crippen LogP contribution in [-0.4, -0.2) is 48.8 Å². The molecular formula is C18H25O5. The van der Waals surface area contributed by atoms with E-state index in [4.69, 9.17) is 18.9 Å². The Kier molecular flexibility index (Phi) is 3.02. The van der Waals surface area contributed by atoms with Gasteiger partial charge in [-0.1, -0.05) is 0 Å². The van der Waals surface area contributed by atoms with Gasteiger partial charge < -0.3 is 18.9 Å². The third-order valence-corrected chi connectivity index (χ3v) is 6.87. The predicted molar refractivity (Wildman–Crippen MR) is 80.4 cm³/mol. The summed E-state index contributed by atoms with van der Waals surface area (Å²) in [6.45, 7) is 2.72. The molecule has 1 radical (unpaired) electrons. The fourth-order valence-corrected chi connectivity index (χ4v) is 6.13. The Morgan fingerprint density at radius 1 is 0.696 bits per heavy atom. The molecule has 0 bridgehead atoms. The maximum Gasteiger partial charge on any atom is 0.189 e. The minimum absolute atomic E-state index is 0.0694. The van der Waals surface area contributed by atoms with Crippen LogP contribution in [0.5, 0.6) is 0 Å². The van der Waals surface area contributed by atoms with E-state index in [9.17, 15) is 5.11 Å². The zero-order valence-electron chi connectivity index (χ0n) is 13.6. The standard InChI is InChI=1S/C18H25O5/c19-14-13-15(5-1-9-20-15)17(7-3-11-22-17)18(8-4-12-23-18)16(14)6-2-10-21-16/h13H,1-12H2/t15-,16-,17+,18+/m1/s1. The number of hydrogen-bond acceptors (Lipinski definition) is 4. The van der Waals surface area contributed by atoms with E-state index in [0.29, 0.717) is 26.4 Å². The van der Waals surface area contributed by atoms with Crippen LogP contribution < -0.4 is 0 Å². The summed E-state index contributed by atoms with van der Waals surface area (Å²) >= 11 is 0. The SMILES string of the molecule is [O]C1=C[C@]2(CCCO2)[C@@]2(CCCO2)[C@]2(CCCO2)[C@@]12CCCO2. The van der Waals surface area contributed by atoms with Crippen molar-refractivity contribution in [3.8, 4) is 0 Å². The maximum absolute atomic E-state index is 13.3. The molecule has 4 fully saturated rings. The van der Waals surface area contributed by atoms with Crippen LogP contribution in [0, 0.1) is 0 Å². The van der Waals surface area contributed by atoms with Crippen molar-refractivity contribution in [2.75, 3.05) is 26.4 Å². The second kappa shape index (κ2) is 4.72. The van der Waals surface area contributed by atoms with Crippen molar-refractivity contribution in [2.45, 2.75) is 73.8 Å². The highest BCUT2D eigenvalue weighted by molar-refractivity contribution is 5.41. The zero-order chi connectivity index (χ0) is 15.6. The highest BCUT2D eigenvalue weighted by Crippen LogP contribution is 2.65. The van der Waals surface area contributed by atoms with Gasteiger partial charge >= 0.3 is 0 Å². The predicted octanol–water partition coefficient (Wildman–Crippen LogP) is 2.51. The molecule has 5 aliphatic rings. The Morgan fingerprint density at radius 2 is 1.30 bits per heavy atom. The first-order valence-corrected chi connectivity index (χ1v) is 9.17. The lowest BCUT2D eigenvalue weighted by atomic mass is 9.55. The minimum Gasteiger partial charge on any atom is -0.368 e. The highest BCUT2D eigenvalue weighted by atomic mass is 16.6. The van der Waals surface area contributed by atoms with Gasteiger partial charge in [-0.15, -0.1) is 0 Å². The lowest BCUT2D eigenvalue weighted by Crippen LogP contribution is -2.77. The highest BCUT2D eigenvalue weighted by Gasteiger charge is 2.79. The van der Waals surface area contributed by atoms with Crippen LogP contribution in [0.4, 0.5) is 0 Å². The van der Waals surface area contributed by atoms with Gasteiger partial charge in [-0.25, -0.2) is 0 Å². The number of hydrogen-bond donors (Lipinski definition) is 0. The van der Waals surface area contributed by atoms with Crippen molar-refractivity contribution in [1.29, 1.82) is 0 Å². The summed E-state index contributed by atoms with van der Waals surface area (Å²) in [5.74, 6) is 0.0694. The number of rotatable bonds is 0. The third-order valence-electron chi connectivity index (χ3n) is 6.87. The molecule has 0 N–H and O–H groups in total. The smallest absolute Gasteiger partial charge is 0.189 e. The van der Waals surface area contributed by atoms with Crippen LogP contribution in [0.15, 0.2) is 11.8 Å². The van der Waals surface area contributed by atoms with Crippen molar-refractivity contribution in [3.05, 3.63) is 11.8 Å². The van der Waals surface area contributed by atoms with Crippen molar-refractivity contribution >= 4 is 0 Å². The molecule has 5 heteroatoms. The summed E-state index contributed by atoms with van der Waals surface area (Å²) in [7, 11) is 0. The van der Waals surface area contributed by atoms with Crippen LogP contribution in [0.1, 0.15) is 51.4 Å². The van der Waals surface area contributed by atoms with E-state index >= 15 is 0 Å². The molecule has 0 aromatic carbocycles. The van der Waals surface area contributed by atoms with Crippen LogP contribution in [-0.2, 0) is 24.1 Å². The van der Waals surface area contributed by atoms with Gasteiger partial charge in [0.05, 0.1) is 0 Å². The van der Waals surface area contributed by atoms with Gasteiger partial charge in [0.15, 0.2) is 11.4 Å². The second-order valence-electron chi connectivity index (χ2n) is 7.69. The summed E-state index contributed by atoms with van der Waals surface area (Å²) in [6.07, 6.45) is 8.97. The van der Waals surface area contributed by atoms with Crippen molar-refractivity contribution < 1.29 is 24.1 Å². The Labute approximate surface area is 136 Å². The first kappa shape index (κ1) is 14.7. The molecular weight excluding hydrogens is 296 g/mol. The Morgan fingerprint density at radius 3 is 1.87 bits per heavy atom. The lowest BCUT2D eigenvalue weighted by molar-refractivity contribution is -0.306. The average molecular weight is 321 g/mol. The van der Waals surface area contributed by atoms with E-state index in [-0.39, 0.29) is 5.76 Å². The summed E-state index contributed by atoms with van der Waals surface area (Å²) in [5, 5.41) is 13.3. The molecule has 0 amide bonds. The molecule has 0 aromatic rings. The molecule has 4 aliphatic heterocycles. The fourth-order valence-electron chi connectivity index (χ4n) is 6.13. The third kappa shape index (κ3) is 1.49. The molecule has 1 aliphatic carbocycles. The van der Waals surface area contributed by atoms with Gasteiger partial charge in [0, 0.05) is 26.4 Å². The van der Waals surface area contributed by atoms with Gasteiger partial charge in [-0.3, -0.25) is 5.11 Å². The Hall–Kier alpha value is -0.620. The minimum atomic E-state index is -0.856. The molecule has 4 saturated heterocycles. The van der Waals surface area contributed by atoms with E-state index in [0.717, 1.165) is 51.4 Å². The molecule has 4 heterocycles. The van der Waals surface area contributed by atoms with E-state index in [1.165, 1.54) is 0 Å². The average Bonchev–Trinajstić information content (AvgIpc) is 3.30. The Bertz CT molecular complexity index is 516. The zero-order valence-corrected chi connectivity index (χ0v) is 13.6. The van der Waals surface area contributed by atoms with Crippen molar-refractivity contribution in [3.63, 3.8) is 0 Å². The van der Waals surface area contributed by atoms with Crippen LogP contribution in [0.25, 0.3) is 0 Å². The largest absolute Gasteiger partial charge is 0.368 e. The van der Waals surface area contributed by atoms with Crippen molar-refractivity contribution in [2.24, 2.45) is 0 Å². The van der Waals surface area contributed by atoms with Gasteiger partial charge in [0.2, 0.25) is 0 Å². The molecule has 0 aromatic heterocycles. The van der Waals surface area contributed by atoms with Gasteiger partial charge in [0.25, 0.3) is 0 Å². The Balaban J connectivity index is 1.77. The fraction of sp³-hybridized carbons (Fsp3) is 0.889. The first-order chi connectivity index (χ1) is 11.2. The summed E-state index contributed by atoms with van der Waals surface area (Å²) < 4.78 is 25.3. The van der Waals surface area contributed by atoms with E-state index in [2.05, 4.69) is 0 Å². The molecule has 5 rings (SSSR count). The maximum atomic E-state index is 13.3. The van der Waals surface area contributed by atoms with Crippen LogP contribution in [0.3, 0.4) is 0 Å². The normalized spacial score (nSPS) is 52.4. The number of ether oxygens (including phenoxy) is 4. The monoisotopic (exact) mass is 321 g/mol. The van der Waals surface area contributed by atoms with Gasteiger partial charge in [-0.05, 0) is 57.4 Å². The van der Waals surface area contributed by atoms with Crippen molar-refractivity contribution in [1.82, 2.24) is 0 Å². The lowest BCUT2D eigenvalue weighted by Gasteiger charge is -2.61. The van der Waals surface area contributed by atoms with E-state index in [1.807, 2.05) is 6.08 Å². The van der Waals surface area contributed by atoms with Crippen LogP contribution in [0.2, 0.25) is 0 Å². The molecule has 5 nitrogen and oxygen atoms in total. The first-order valence-electron chi connectivity index (χ1n) is 9.17. The van der Waals surface area contributed by atoms with Gasteiger partial charge in [-0.2, -0.15) is 0 Å². The summed E-state index contributed by atoms with van der Waals surface area (Å²) in [5.41, 5.74) is -2.72. The summed E-state index contributed by atoms with van der Waals surface area (Å²) in [6, 6.07) is 0. The number of fused-ring (bicyclic) bond motifs is 3. The van der Waals surface area contributed by atoms with Crippen LogP contribution >= 0.6 is 0 Å². The quantitative estimate of drug-likeness (QED) is 0.688. The van der Waals surface area contributed by atoms with E-state index < -0.39 is 22.4 Å².